The van der Waals surface area contributed by atoms with Crippen molar-refractivity contribution in [2.24, 2.45) is 0 Å². The molecule has 0 radical (unpaired) electrons. The Morgan fingerprint density at radius 1 is 0.795 bits per heavy atom. The predicted molar refractivity (Wildman–Crippen MR) is 172 cm³/mol. The summed E-state index contributed by atoms with van der Waals surface area (Å²) in [6, 6.07) is 32.4. The summed E-state index contributed by atoms with van der Waals surface area (Å²) >= 11 is 0. The maximum atomic E-state index is 14.0. The van der Waals surface area contributed by atoms with E-state index in [-0.39, 0.29) is 36.9 Å². The first kappa shape index (κ1) is 30.4. The predicted octanol–water partition coefficient (Wildman–Crippen LogP) is 6.48. The SMILES string of the molecule is COCCCN(CC(=O)N(Cc1ccccc1)Cc1coc2ccc(C)cc2c1=O)C(=O)c1ccc(-c2ccccc2)cc1. The van der Waals surface area contributed by atoms with Crippen molar-refractivity contribution in [2.45, 2.75) is 26.4 Å². The second-order valence-electron chi connectivity index (χ2n) is 10.8. The highest BCUT2D eigenvalue weighted by atomic mass is 16.5. The molecule has 4 aromatic carbocycles. The molecule has 0 saturated carbocycles. The molecule has 0 bridgehead atoms. The third-order valence-electron chi connectivity index (χ3n) is 7.56. The summed E-state index contributed by atoms with van der Waals surface area (Å²) in [4.78, 5) is 44.3. The summed E-state index contributed by atoms with van der Waals surface area (Å²) in [7, 11) is 1.61. The van der Waals surface area contributed by atoms with Gasteiger partial charge in [-0.05, 0) is 54.3 Å². The quantitative estimate of drug-likeness (QED) is 0.156. The van der Waals surface area contributed by atoms with Gasteiger partial charge in [-0.2, -0.15) is 0 Å². The topological polar surface area (TPSA) is 80.1 Å². The molecule has 7 heteroatoms. The number of rotatable bonds is 12. The number of carbonyl (C=O) groups is 2. The zero-order valence-corrected chi connectivity index (χ0v) is 25.1. The molecule has 5 rings (SSSR count). The highest BCUT2D eigenvalue weighted by Gasteiger charge is 2.24. The molecule has 0 aliphatic rings. The lowest BCUT2D eigenvalue weighted by atomic mass is 10.0. The van der Waals surface area contributed by atoms with Gasteiger partial charge in [-0.25, -0.2) is 0 Å². The minimum absolute atomic E-state index is 0.0474. The van der Waals surface area contributed by atoms with Crippen LogP contribution in [0.25, 0.3) is 22.1 Å². The Hall–Kier alpha value is -5.01. The largest absolute Gasteiger partial charge is 0.464 e. The summed E-state index contributed by atoms with van der Waals surface area (Å²) in [5.74, 6) is -0.515. The monoisotopic (exact) mass is 588 g/mol. The summed E-state index contributed by atoms with van der Waals surface area (Å²) in [6.45, 7) is 2.89. The van der Waals surface area contributed by atoms with E-state index >= 15 is 0 Å². The lowest BCUT2D eigenvalue weighted by Crippen LogP contribution is -2.43. The van der Waals surface area contributed by atoms with Crippen molar-refractivity contribution in [2.75, 3.05) is 26.8 Å². The van der Waals surface area contributed by atoms with Crippen molar-refractivity contribution in [3.8, 4) is 11.1 Å². The molecule has 0 fully saturated rings. The van der Waals surface area contributed by atoms with Crippen LogP contribution in [0.1, 0.15) is 33.5 Å². The Labute approximate surface area is 257 Å². The van der Waals surface area contributed by atoms with Crippen LogP contribution >= 0.6 is 0 Å². The summed E-state index contributed by atoms with van der Waals surface area (Å²) in [5.41, 5.74) is 5.12. The van der Waals surface area contributed by atoms with Crippen LogP contribution in [0.2, 0.25) is 0 Å². The van der Waals surface area contributed by atoms with Crippen LogP contribution in [0.3, 0.4) is 0 Å². The molecule has 224 valence electrons. The van der Waals surface area contributed by atoms with E-state index < -0.39 is 0 Å². The average molecular weight is 589 g/mol. The van der Waals surface area contributed by atoms with Gasteiger partial charge in [0.15, 0.2) is 5.43 Å². The molecular weight excluding hydrogens is 552 g/mol. The fourth-order valence-electron chi connectivity index (χ4n) is 5.17. The number of fused-ring (bicyclic) bond motifs is 1. The second kappa shape index (κ2) is 14.4. The maximum Gasteiger partial charge on any atom is 0.254 e. The molecule has 0 atom stereocenters. The number of nitrogens with zero attached hydrogens (tertiary/aromatic N) is 2. The lowest BCUT2D eigenvalue weighted by Gasteiger charge is -2.28. The second-order valence-corrected chi connectivity index (χ2v) is 10.8. The van der Waals surface area contributed by atoms with Crippen LogP contribution in [0.5, 0.6) is 0 Å². The van der Waals surface area contributed by atoms with Gasteiger partial charge in [-0.1, -0.05) is 84.4 Å². The molecule has 0 unspecified atom stereocenters. The minimum Gasteiger partial charge on any atom is -0.464 e. The number of aryl methyl sites for hydroxylation is 1. The molecule has 7 nitrogen and oxygen atoms in total. The molecule has 2 amide bonds. The molecule has 1 heterocycles. The first-order valence-corrected chi connectivity index (χ1v) is 14.7. The van der Waals surface area contributed by atoms with E-state index in [9.17, 15) is 14.4 Å². The van der Waals surface area contributed by atoms with E-state index in [1.807, 2.05) is 85.8 Å². The highest BCUT2D eigenvalue weighted by Crippen LogP contribution is 2.21. The normalized spacial score (nSPS) is 11.0. The van der Waals surface area contributed by atoms with Crippen molar-refractivity contribution in [1.82, 2.24) is 9.80 Å². The van der Waals surface area contributed by atoms with Crippen LogP contribution in [0.15, 0.2) is 119 Å². The van der Waals surface area contributed by atoms with E-state index in [0.29, 0.717) is 41.7 Å². The number of ether oxygens (including phenoxy) is 1. The van der Waals surface area contributed by atoms with Crippen molar-refractivity contribution >= 4 is 22.8 Å². The lowest BCUT2D eigenvalue weighted by molar-refractivity contribution is -0.133. The van der Waals surface area contributed by atoms with Gasteiger partial charge < -0.3 is 19.0 Å². The molecule has 0 saturated heterocycles. The number of hydrogen-bond acceptors (Lipinski definition) is 5. The molecule has 5 aromatic rings. The number of carbonyl (C=O) groups excluding carboxylic acids is 2. The molecule has 0 N–H and O–H groups in total. The Balaban J connectivity index is 1.40. The van der Waals surface area contributed by atoms with E-state index in [4.69, 9.17) is 9.15 Å². The van der Waals surface area contributed by atoms with Gasteiger partial charge in [0.2, 0.25) is 5.91 Å². The Bertz CT molecular complexity index is 1770. The maximum absolute atomic E-state index is 14.0. The summed E-state index contributed by atoms with van der Waals surface area (Å²) in [5, 5.41) is 0.477. The zero-order valence-electron chi connectivity index (χ0n) is 25.1. The van der Waals surface area contributed by atoms with E-state index in [1.54, 1.807) is 41.2 Å². The van der Waals surface area contributed by atoms with Gasteiger partial charge in [-0.3, -0.25) is 14.4 Å². The molecule has 1 aromatic heterocycles. The molecular formula is C37H36N2O5. The Morgan fingerprint density at radius 3 is 2.18 bits per heavy atom. The fraction of sp³-hybridized carbons (Fsp3) is 0.216. The smallest absolute Gasteiger partial charge is 0.254 e. The third kappa shape index (κ3) is 7.49. The van der Waals surface area contributed by atoms with Gasteiger partial charge in [0.05, 0.1) is 23.8 Å². The van der Waals surface area contributed by atoms with Crippen LogP contribution in [-0.4, -0.2) is 48.4 Å². The molecule has 0 aliphatic heterocycles. The van der Waals surface area contributed by atoms with Gasteiger partial charge in [-0.15, -0.1) is 0 Å². The van der Waals surface area contributed by atoms with Gasteiger partial charge in [0, 0.05) is 32.4 Å². The fourth-order valence-corrected chi connectivity index (χ4v) is 5.17. The summed E-state index contributed by atoms with van der Waals surface area (Å²) < 4.78 is 11.0. The average Bonchev–Trinajstić information content (AvgIpc) is 3.06. The standard InChI is InChI=1S/C37H36N2O5/c1-27-14-19-34-33(22-27)36(41)32(26-44-34)24-39(23-28-10-5-3-6-11-28)35(40)25-38(20-9-21-43-2)37(42)31-17-15-30(16-18-31)29-12-7-4-8-13-29/h3-8,10-19,22,26H,9,20-21,23-25H2,1-2H3. The molecule has 44 heavy (non-hydrogen) atoms. The van der Waals surface area contributed by atoms with E-state index in [2.05, 4.69) is 0 Å². The number of amides is 2. The van der Waals surface area contributed by atoms with Crippen LogP contribution in [0, 0.1) is 6.92 Å². The van der Waals surface area contributed by atoms with Crippen molar-refractivity contribution in [3.63, 3.8) is 0 Å². The first-order valence-electron chi connectivity index (χ1n) is 14.7. The zero-order chi connectivity index (χ0) is 30.9. The van der Waals surface area contributed by atoms with Gasteiger partial charge in [0.1, 0.15) is 12.1 Å². The Kier molecular flexibility index (Phi) is 10.00. The minimum atomic E-state index is -0.274. The highest BCUT2D eigenvalue weighted by molar-refractivity contribution is 5.97. The van der Waals surface area contributed by atoms with E-state index in [0.717, 1.165) is 22.3 Å². The molecule has 0 aliphatic carbocycles. The Morgan fingerprint density at radius 2 is 1.48 bits per heavy atom. The van der Waals surface area contributed by atoms with Crippen LogP contribution < -0.4 is 5.43 Å². The van der Waals surface area contributed by atoms with Crippen LogP contribution in [0.4, 0.5) is 0 Å². The third-order valence-corrected chi connectivity index (χ3v) is 7.56. The summed E-state index contributed by atoms with van der Waals surface area (Å²) in [6.07, 6.45) is 2.00. The van der Waals surface area contributed by atoms with Crippen molar-refractivity contribution in [3.05, 3.63) is 142 Å². The molecule has 0 spiro atoms. The first-order chi connectivity index (χ1) is 21.4. The van der Waals surface area contributed by atoms with Crippen LogP contribution in [-0.2, 0) is 22.6 Å². The number of hydrogen-bond donors (Lipinski definition) is 0. The van der Waals surface area contributed by atoms with Gasteiger partial charge in [0.25, 0.3) is 5.91 Å². The van der Waals surface area contributed by atoms with Gasteiger partial charge >= 0.3 is 0 Å². The van der Waals surface area contributed by atoms with Crippen molar-refractivity contribution in [1.29, 1.82) is 0 Å². The van der Waals surface area contributed by atoms with E-state index in [1.165, 1.54) is 6.26 Å². The van der Waals surface area contributed by atoms with Crippen molar-refractivity contribution < 1.29 is 18.7 Å². The number of methoxy groups -OCH3 is 1. The number of benzene rings is 4.